The highest BCUT2D eigenvalue weighted by molar-refractivity contribution is 7.09. The fourth-order valence-corrected chi connectivity index (χ4v) is 8.59. The third-order valence-corrected chi connectivity index (χ3v) is 12.4. The van der Waals surface area contributed by atoms with E-state index in [2.05, 4.69) is 20.9 Å². The van der Waals surface area contributed by atoms with Gasteiger partial charge in [-0.25, -0.2) is 4.98 Å². The summed E-state index contributed by atoms with van der Waals surface area (Å²) in [5, 5.41) is 11.6. The van der Waals surface area contributed by atoms with Gasteiger partial charge in [0, 0.05) is 52.4 Å². The maximum absolute atomic E-state index is 14.3. The average molecular weight is 843 g/mol. The van der Waals surface area contributed by atoms with Gasteiger partial charge in [-0.15, -0.1) is 11.3 Å². The molecule has 1 aromatic heterocycles. The number of rotatable bonds is 24. The molecule has 3 rings (SSSR count). The number of nitrogens with one attached hydrogen (secondary N) is 3. The molecule has 14 nitrogen and oxygen atoms in total. The molecule has 0 radical (unpaired) electrons. The summed E-state index contributed by atoms with van der Waals surface area (Å²) in [6.07, 6.45) is 3.31. The lowest BCUT2D eigenvalue weighted by atomic mass is 9.89. The van der Waals surface area contributed by atoms with Gasteiger partial charge in [-0.3, -0.25) is 24.0 Å². The van der Waals surface area contributed by atoms with Crippen LogP contribution in [0.1, 0.15) is 104 Å². The van der Waals surface area contributed by atoms with Crippen LogP contribution in [0.25, 0.3) is 0 Å². The second-order valence-electron chi connectivity index (χ2n) is 16.5. The highest BCUT2D eigenvalue weighted by atomic mass is 32.1. The number of hydrogen-bond donors (Lipinski definition) is 3. The maximum Gasteiger partial charge on any atom is 0.245 e. The van der Waals surface area contributed by atoms with E-state index in [0.29, 0.717) is 32.4 Å². The molecule has 15 heteroatoms. The van der Waals surface area contributed by atoms with Gasteiger partial charge in [-0.1, -0.05) is 71.4 Å². The molecule has 1 saturated heterocycles. The highest BCUT2D eigenvalue weighted by Crippen LogP contribution is 2.30. The number of benzene rings is 1. The molecule has 0 aliphatic carbocycles. The Kier molecular flexibility index (Phi) is 19.9. The standard InChI is InChI=1S/C44H70N6O8S/c1-12-29(5)38(49(9)42(54)37(28(3)4)47-43(55)44(7,8)48-35(51)21-24-58-13-2)34(56-10)27-36(52)50-23-17-20-33(50)39(57-11)30(6)40(53)46-32(41-45-22-25-59-41)26-31-18-15-14-16-19-31/h14-16,18-19,22,25,28-30,32-34,37-39H,12-13,17,20-21,23-24,26-27H2,1-11H3,(H,46,53)(H,47,55)(H,48,51)/t29-,30+,32-,33-,34+,37-,38-,39+/m0/s1. The van der Waals surface area contributed by atoms with E-state index in [4.69, 9.17) is 14.2 Å². The molecule has 8 atom stereocenters. The summed E-state index contributed by atoms with van der Waals surface area (Å²) in [6, 6.07) is 7.88. The highest BCUT2D eigenvalue weighted by Gasteiger charge is 2.43. The lowest BCUT2D eigenvalue weighted by molar-refractivity contribution is -0.148. The van der Waals surface area contributed by atoms with Crippen LogP contribution in [-0.2, 0) is 44.6 Å². The van der Waals surface area contributed by atoms with Crippen molar-refractivity contribution in [3.63, 3.8) is 0 Å². The van der Waals surface area contributed by atoms with Crippen LogP contribution >= 0.6 is 11.3 Å². The molecule has 5 amide bonds. The Morgan fingerprint density at radius 1 is 1.02 bits per heavy atom. The van der Waals surface area contributed by atoms with Crippen LogP contribution in [0, 0.1) is 17.8 Å². The molecule has 2 aromatic rings. The average Bonchev–Trinajstić information content (AvgIpc) is 3.93. The molecule has 1 aliphatic rings. The number of carbonyl (C=O) groups is 5. The SMILES string of the molecule is CCOCCC(=O)NC(C)(C)C(=O)N[C@H](C(=O)N(C)[C@@H]([C@@H](C)CC)[C@@H](CC(=O)N1CCC[C@H]1[C@H](OC)[C@@H](C)C(=O)N[C@@H](Cc1ccccc1)c1nccs1)OC)C(C)C. The first-order chi connectivity index (χ1) is 28.0. The summed E-state index contributed by atoms with van der Waals surface area (Å²) in [5.41, 5.74) is -0.210. The minimum atomic E-state index is -1.29. The molecule has 1 aliphatic heterocycles. The van der Waals surface area contributed by atoms with Crippen molar-refractivity contribution in [3.05, 3.63) is 52.5 Å². The van der Waals surface area contributed by atoms with Gasteiger partial charge in [-0.2, -0.15) is 0 Å². The van der Waals surface area contributed by atoms with Crippen molar-refractivity contribution < 1.29 is 38.2 Å². The number of methoxy groups -OCH3 is 2. The van der Waals surface area contributed by atoms with E-state index in [-0.39, 0.29) is 67.0 Å². The quantitative estimate of drug-likeness (QED) is 0.124. The van der Waals surface area contributed by atoms with Gasteiger partial charge < -0.3 is 40.0 Å². The van der Waals surface area contributed by atoms with E-state index in [1.165, 1.54) is 11.3 Å². The summed E-state index contributed by atoms with van der Waals surface area (Å²) >= 11 is 1.49. The second kappa shape index (κ2) is 23.8. The molecule has 0 saturated carbocycles. The summed E-state index contributed by atoms with van der Waals surface area (Å²) < 4.78 is 17.3. The number of ether oxygens (including phenoxy) is 3. The Balaban J connectivity index is 1.76. The Bertz CT molecular complexity index is 1630. The van der Waals surface area contributed by atoms with E-state index in [1.54, 1.807) is 46.2 Å². The topological polar surface area (TPSA) is 168 Å². The zero-order chi connectivity index (χ0) is 43.9. The molecule has 330 valence electrons. The van der Waals surface area contributed by atoms with Crippen molar-refractivity contribution in [2.24, 2.45) is 17.8 Å². The third-order valence-electron chi connectivity index (χ3n) is 11.5. The van der Waals surface area contributed by atoms with E-state index in [0.717, 1.165) is 17.0 Å². The number of likely N-dealkylation sites (tertiary alicyclic amines) is 1. The van der Waals surface area contributed by atoms with E-state index < -0.39 is 41.7 Å². The van der Waals surface area contributed by atoms with E-state index >= 15 is 0 Å². The first-order valence-corrected chi connectivity index (χ1v) is 21.9. The van der Waals surface area contributed by atoms with Gasteiger partial charge in [0.2, 0.25) is 29.5 Å². The van der Waals surface area contributed by atoms with Crippen LogP contribution in [0.2, 0.25) is 0 Å². The molecule has 0 unspecified atom stereocenters. The number of thiazole rings is 1. The van der Waals surface area contributed by atoms with Crippen molar-refractivity contribution in [2.75, 3.05) is 41.0 Å². The van der Waals surface area contributed by atoms with Crippen molar-refractivity contribution in [3.8, 4) is 0 Å². The summed E-state index contributed by atoms with van der Waals surface area (Å²) in [4.78, 5) is 76.6. The van der Waals surface area contributed by atoms with Crippen LogP contribution in [-0.4, -0.2) is 121 Å². The summed E-state index contributed by atoms with van der Waals surface area (Å²) in [5.74, 6) is -2.42. The van der Waals surface area contributed by atoms with Gasteiger partial charge in [0.1, 0.15) is 16.6 Å². The van der Waals surface area contributed by atoms with Gasteiger partial charge in [0.15, 0.2) is 0 Å². The predicted octanol–water partition coefficient (Wildman–Crippen LogP) is 4.93. The fraction of sp³-hybridized carbons (Fsp3) is 0.682. The van der Waals surface area contributed by atoms with Crippen LogP contribution < -0.4 is 16.0 Å². The zero-order valence-corrected chi connectivity index (χ0v) is 37.9. The molecular formula is C44H70N6O8S. The molecule has 3 N–H and O–H groups in total. The first-order valence-electron chi connectivity index (χ1n) is 21.1. The van der Waals surface area contributed by atoms with Gasteiger partial charge in [-0.05, 0) is 57.4 Å². The van der Waals surface area contributed by atoms with Crippen LogP contribution in [0.3, 0.4) is 0 Å². The number of carbonyl (C=O) groups excluding carboxylic acids is 5. The largest absolute Gasteiger partial charge is 0.381 e. The minimum absolute atomic E-state index is 0.000647. The zero-order valence-electron chi connectivity index (χ0n) is 37.1. The van der Waals surface area contributed by atoms with Crippen molar-refractivity contribution in [2.45, 2.75) is 136 Å². The van der Waals surface area contributed by atoms with Crippen molar-refractivity contribution in [1.82, 2.24) is 30.7 Å². The third kappa shape index (κ3) is 13.8. The fourth-order valence-electron chi connectivity index (χ4n) is 7.90. The lowest BCUT2D eigenvalue weighted by Gasteiger charge is -2.41. The summed E-state index contributed by atoms with van der Waals surface area (Å²) in [6.45, 7) is 15.8. The number of amides is 5. The molecule has 59 heavy (non-hydrogen) atoms. The van der Waals surface area contributed by atoms with Crippen molar-refractivity contribution >= 4 is 40.9 Å². The number of nitrogens with zero attached hydrogens (tertiary/aromatic N) is 3. The molecule has 1 fully saturated rings. The molecule has 0 bridgehead atoms. The van der Waals surface area contributed by atoms with Crippen molar-refractivity contribution in [1.29, 1.82) is 0 Å². The maximum atomic E-state index is 14.3. The minimum Gasteiger partial charge on any atom is -0.381 e. The van der Waals surface area contributed by atoms with E-state index in [1.807, 2.05) is 82.2 Å². The Morgan fingerprint density at radius 2 is 1.71 bits per heavy atom. The lowest BCUT2D eigenvalue weighted by Crippen LogP contribution is -2.62. The number of likely N-dealkylation sites (N-methyl/N-ethyl adjacent to an activating group) is 1. The molecule has 0 spiro atoms. The van der Waals surface area contributed by atoms with E-state index in [9.17, 15) is 24.0 Å². The monoisotopic (exact) mass is 842 g/mol. The molecular weight excluding hydrogens is 773 g/mol. The Hall–Kier alpha value is -3.92. The van der Waals surface area contributed by atoms with Gasteiger partial charge in [0.05, 0.1) is 49.3 Å². The Morgan fingerprint density at radius 3 is 2.29 bits per heavy atom. The smallest absolute Gasteiger partial charge is 0.245 e. The van der Waals surface area contributed by atoms with Crippen LogP contribution in [0.4, 0.5) is 0 Å². The summed E-state index contributed by atoms with van der Waals surface area (Å²) in [7, 11) is 4.81. The van der Waals surface area contributed by atoms with Gasteiger partial charge >= 0.3 is 0 Å². The second-order valence-corrected chi connectivity index (χ2v) is 17.5. The predicted molar refractivity (Wildman–Crippen MR) is 229 cm³/mol. The van der Waals surface area contributed by atoms with Crippen LogP contribution in [0.15, 0.2) is 41.9 Å². The van der Waals surface area contributed by atoms with Crippen LogP contribution in [0.5, 0.6) is 0 Å². The number of hydrogen-bond acceptors (Lipinski definition) is 10. The first kappa shape index (κ1) is 49.4. The Labute approximate surface area is 355 Å². The molecule has 1 aromatic carbocycles. The molecule has 2 heterocycles. The normalized spacial score (nSPS) is 18.0. The van der Waals surface area contributed by atoms with Gasteiger partial charge in [0.25, 0.3) is 0 Å². The number of aromatic nitrogens is 1.